The second kappa shape index (κ2) is 10.7. The largest absolute Gasteiger partial charge is 0.418 e. The Morgan fingerprint density at radius 1 is 0.805 bits per heavy atom. The molecule has 0 radical (unpaired) electrons. The number of aromatic nitrogens is 5. The van der Waals surface area contributed by atoms with Crippen molar-refractivity contribution in [3.63, 3.8) is 0 Å². The molecule has 12 heteroatoms. The first-order chi connectivity index (χ1) is 19.6. The number of halogens is 3. The van der Waals surface area contributed by atoms with Gasteiger partial charge in [-0.05, 0) is 78.1 Å². The fourth-order valence-electron chi connectivity index (χ4n) is 6.18. The van der Waals surface area contributed by atoms with E-state index in [1.165, 1.54) is 6.07 Å². The lowest BCUT2D eigenvalue weighted by Gasteiger charge is -2.37. The maximum Gasteiger partial charge on any atom is 0.418 e. The van der Waals surface area contributed by atoms with Gasteiger partial charge in [-0.15, -0.1) is 10.2 Å². The van der Waals surface area contributed by atoms with E-state index >= 15 is 0 Å². The number of benzene rings is 1. The molecular formula is C29H36F3N9. The van der Waals surface area contributed by atoms with Crippen LogP contribution in [0.25, 0.3) is 28.1 Å². The van der Waals surface area contributed by atoms with Crippen LogP contribution in [0.4, 0.5) is 24.8 Å². The summed E-state index contributed by atoms with van der Waals surface area (Å²) in [6, 6.07) is 8.99. The van der Waals surface area contributed by atoms with Crippen molar-refractivity contribution in [2.45, 2.75) is 43.9 Å². The van der Waals surface area contributed by atoms with E-state index in [1.54, 1.807) is 30.5 Å². The zero-order valence-corrected chi connectivity index (χ0v) is 23.9. The Morgan fingerprint density at radius 3 is 2.05 bits per heavy atom. The van der Waals surface area contributed by atoms with Gasteiger partial charge in [0.25, 0.3) is 0 Å². The molecule has 0 saturated carbocycles. The molecule has 3 aromatic heterocycles. The molecule has 0 N–H and O–H groups in total. The number of piperidine rings is 2. The molecular weight excluding hydrogens is 531 g/mol. The normalized spacial score (nSPS) is 18.0. The fraction of sp³-hybridized carbons (Fsp3) is 0.517. The highest BCUT2D eigenvalue weighted by Gasteiger charge is 2.36. The van der Waals surface area contributed by atoms with Crippen molar-refractivity contribution in [1.82, 2.24) is 34.4 Å². The quantitative estimate of drug-likeness (QED) is 0.351. The van der Waals surface area contributed by atoms with Crippen LogP contribution in [0.15, 0.2) is 36.5 Å². The molecule has 2 aliphatic heterocycles. The Hall–Kier alpha value is -3.51. The molecule has 2 aliphatic rings. The standard InChI is InChI=1S/C29H36F3N9/c1-37(2)20-9-13-39(14-10-20)25-8-5-19(17-22(25)29(30,31)32)23-6-7-24-27(34-23)41-26(18-33-24)35-36-28(41)40-15-11-21(12-16-40)38(3)4/h5-8,17-18,20-21H,9-16H2,1-4H3. The van der Waals surface area contributed by atoms with Crippen LogP contribution < -0.4 is 9.80 Å². The van der Waals surface area contributed by atoms with Gasteiger partial charge >= 0.3 is 6.18 Å². The zero-order chi connectivity index (χ0) is 28.9. The summed E-state index contributed by atoms with van der Waals surface area (Å²) in [7, 11) is 8.24. The molecule has 4 aromatic rings. The van der Waals surface area contributed by atoms with E-state index in [-0.39, 0.29) is 5.69 Å². The van der Waals surface area contributed by atoms with E-state index < -0.39 is 11.7 Å². The first-order valence-corrected chi connectivity index (χ1v) is 14.2. The van der Waals surface area contributed by atoms with Gasteiger partial charge < -0.3 is 19.6 Å². The lowest BCUT2D eigenvalue weighted by atomic mass is 10.00. The topological polar surface area (TPSA) is 68.9 Å². The number of fused-ring (bicyclic) bond motifs is 3. The van der Waals surface area contributed by atoms with Crippen LogP contribution in [0.2, 0.25) is 0 Å². The molecule has 9 nitrogen and oxygen atoms in total. The average Bonchev–Trinajstić information content (AvgIpc) is 3.41. The molecule has 0 unspecified atom stereocenters. The van der Waals surface area contributed by atoms with Crippen molar-refractivity contribution in [3.8, 4) is 11.3 Å². The molecule has 6 rings (SSSR count). The first-order valence-electron chi connectivity index (χ1n) is 14.2. The molecule has 41 heavy (non-hydrogen) atoms. The van der Waals surface area contributed by atoms with E-state index in [9.17, 15) is 13.2 Å². The third-order valence-electron chi connectivity index (χ3n) is 8.67. The Labute approximate surface area is 237 Å². The lowest BCUT2D eigenvalue weighted by molar-refractivity contribution is -0.137. The number of hydrogen-bond donors (Lipinski definition) is 0. The maximum absolute atomic E-state index is 14.4. The molecule has 2 saturated heterocycles. The van der Waals surface area contributed by atoms with Gasteiger partial charge in [0, 0.05) is 49.5 Å². The van der Waals surface area contributed by atoms with Gasteiger partial charge in [-0.3, -0.25) is 0 Å². The Bertz CT molecular complexity index is 1530. The Morgan fingerprint density at radius 2 is 1.44 bits per heavy atom. The summed E-state index contributed by atoms with van der Waals surface area (Å²) in [6.07, 6.45) is 0.828. The maximum atomic E-state index is 14.4. The summed E-state index contributed by atoms with van der Waals surface area (Å²) in [5, 5.41) is 8.78. The van der Waals surface area contributed by atoms with Gasteiger partial charge in [0.15, 0.2) is 11.3 Å². The van der Waals surface area contributed by atoms with E-state index in [2.05, 4.69) is 44.0 Å². The summed E-state index contributed by atoms with van der Waals surface area (Å²) < 4.78 is 45.0. The van der Waals surface area contributed by atoms with E-state index in [0.717, 1.165) is 38.8 Å². The average molecular weight is 568 g/mol. The molecule has 0 bridgehead atoms. The molecule has 1 aromatic carbocycles. The van der Waals surface area contributed by atoms with Crippen molar-refractivity contribution in [1.29, 1.82) is 0 Å². The number of pyridine rings is 1. The molecule has 218 valence electrons. The van der Waals surface area contributed by atoms with Gasteiger partial charge in [-0.2, -0.15) is 13.2 Å². The number of anilines is 2. The van der Waals surface area contributed by atoms with Gasteiger partial charge in [0.2, 0.25) is 5.95 Å². The van der Waals surface area contributed by atoms with Gasteiger partial charge in [0.1, 0.15) is 5.52 Å². The number of alkyl halides is 3. The van der Waals surface area contributed by atoms with Crippen molar-refractivity contribution in [2.75, 3.05) is 64.2 Å². The highest BCUT2D eigenvalue weighted by Crippen LogP contribution is 2.40. The van der Waals surface area contributed by atoms with Crippen LogP contribution >= 0.6 is 0 Å². The second-order valence-electron chi connectivity index (χ2n) is 11.6. The van der Waals surface area contributed by atoms with E-state index in [4.69, 9.17) is 4.98 Å². The minimum Gasteiger partial charge on any atom is -0.371 e. The highest BCUT2D eigenvalue weighted by molar-refractivity contribution is 5.79. The predicted molar refractivity (Wildman–Crippen MR) is 154 cm³/mol. The van der Waals surface area contributed by atoms with Gasteiger partial charge in [-0.25, -0.2) is 14.4 Å². The van der Waals surface area contributed by atoms with Crippen LogP contribution in [0.5, 0.6) is 0 Å². The lowest BCUT2D eigenvalue weighted by Crippen LogP contribution is -2.42. The van der Waals surface area contributed by atoms with Crippen LogP contribution in [0, 0.1) is 0 Å². The third-order valence-corrected chi connectivity index (χ3v) is 8.67. The Kier molecular flexibility index (Phi) is 7.23. The Balaban J connectivity index is 1.36. The second-order valence-corrected chi connectivity index (χ2v) is 11.6. The van der Waals surface area contributed by atoms with Gasteiger partial charge in [-0.1, -0.05) is 6.07 Å². The number of hydrogen-bond acceptors (Lipinski definition) is 8. The third kappa shape index (κ3) is 5.30. The van der Waals surface area contributed by atoms with Crippen molar-refractivity contribution < 1.29 is 13.2 Å². The van der Waals surface area contributed by atoms with Gasteiger partial charge in [0.05, 0.1) is 17.5 Å². The predicted octanol–water partition coefficient (Wildman–Crippen LogP) is 4.42. The summed E-state index contributed by atoms with van der Waals surface area (Å²) in [5.41, 5.74) is 2.15. The van der Waals surface area contributed by atoms with Crippen molar-refractivity contribution >= 4 is 28.4 Å². The zero-order valence-electron chi connectivity index (χ0n) is 23.9. The smallest absolute Gasteiger partial charge is 0.371 e. The molecule has 0 aliphatic carbocycles. The molecule has 0 atom stereocenters. The fourth-order valence-corrected chi connectivity index (χ4v) is 6.18. The van der Waals surface area contributed by atoms with Crippen LogP contribution in [0.3, 0.4) is 0 Å². The highest BCUT2D eigenvalue weighted by atomic mass is 19.4. The number of rotatable bonds is 5. The van der Waals surface area contributed by atoms with Crippen molar-refractivity contribution in [2.24, 2.45) is 0 Å². The summed E-state index contributed by atoms with van der Waals surface area (Å²) in [6.45, 7) is 2.83. The van der Waals surface area contributed by atoms with E-state index in [0.29, 0.717) is 59.2 Å². The van der Waals surface area contributed by atoms with Crippen LogP contribution in [-0.4, -0.2) is 101 Å². The summed E-state index contributed by atoms with van der Waals surface area (Å²) in [5.74, 6) is 0.682. The molecule has 5 heterocycles. The monoisotopic (exact) mass is 567 g/mol. The minimum atomic E-state index is -4.49. The van der Waals surface area contributed by atoms with Crippen LogP contribution in [-0.2, 0) is 6.18 Å². The SMILES string of the molecule is CN(C)C1CCN(c2ccc(-c3ccc4ncc5nnc(N6CCC(N(C)C)CC6)n5c4n3)cc2C(F)(F)F)CC1. The molecule has 0 amide bonds. The molecule has 0 spiro atoms. The molecule has 2 fully saturated rings. The number of nitrogens with zero attached hydrogens (tertiary/aromatic N) is 9. The summed E-state index contributed by atoms with van der Waals surface area (Å²) >= 11 is 0. The van der Waals surface area contributed by atoms with Crippen molar-refractivity contribution in [3.05, 3.63) is 42.1 Å². The summed E-state index contributed by atoms with van der Waals surface area (Å²) in [4.78, 5) is 17.8. The minimum absolute atomic E-state index is 0.227. The van der Waals surface area contributed by atoms with Crippen LogP contribution in [0.1, 0.15) is 31.2 Å². The first kappa shape index (κ1) is 27.6. The van der Waals surface area contributed by atoms with E-state index in [1.807, 2.05) is 23.4 Å².